The second-order valence-corrected chi connectivity index (χ2v) is 5.01. The summed E-state index contributed by atoms with van der Waals surface area (Å²) in [7, 11) is 0. The molecule has 100 valence electrons. The molecular weight excluding hydrogens is 216 g/mol. The lowest BCUT2D eigenvalue weighted by molar-refractivity contribution is -0.121. The van der Waals surface area contributed by atoms with Crippen LogP contribution in [0.2, 0.25) is 0 Å². The number of hydrogen-bond donors (Lipinski definition) is 2. The van der Waals surface area contributed by atoms with Crippen LogP contribution in [0.15, 0.2) is 0 Å². The van der Waals surface area contributed by atoms with E-state index in [1.54, 1.807) is 0 Å². The zero-order valence-electron chi connectivity index (χ0n) is 11.3. The molecule has 0 aliphatic carbocycles. The molecule has 1 amide bonds. The average molecular weight is 242 g/mol. The smallest absolute Gasteiger partial charge is 0.234 e. The van der Waals surface area contributed by atoms with E-state index in [1.165, 1.54) is 0 Å². The van der Waals surface area contributed by atoms with Crippen molar-refractivity contribution in [1.29, 1.82) is 0 Å². The van der Waals surface area contributed by atoms with Gasteiger partial charge in [0.2, 0.25) is 5.91 Å². The van der Waals surface area contributed by atoms with E-state index < -0.39 is 0 Å². The lowest BCUT2D eigenvalue weighted by Crippen LogP contribution is -2.45. The molecule has 1 aliphatic heterocycles. The topological polar surface area (TPSA) is 50.4 Å². The highest BCUT2D eigenvalue weighted by Crippen LogP contribution is 2.07. The molecule has 0 spiro atoms. The number of amides is 1. The van der Waals surface area contributed by atoms with Crippen molar-refractivity contribution in [2.75, 3.05) is 19.8 Å². The van der Waals surface area contributed by atoms with Crippen LogP contribution >= 0.6 is 0 Å². The van der Waals surface area contributed by atoms with E-state index in [-0.39, 0.29) is 5.91 Å². The molecule has 0 saturated carbocycles. The van der Waals surface area contributed by atoms with Crippen molar-refractivity contribution in [3.05, 3.63) is 0 Å². The van der Waals surface area contributed by atoms with E-state index in [0.717, 1.165) is 32.5 Å². The lowest BCUT2D eigenvalue weighted by Gasteiger charge is -2.24. The third kappa shape index (κ3) is 5.50. The first kappa shape index (κ1) is 14.5. The molecule has 1 aliphatic rings. The fourth-order valence-corrected chi connectivity index (χ4v) is 1.93. The van der Waals surface area contributed by atoms with Gasteiger partial charge in [0.05, 0.1) is 6.54 Å². The van der Waals surface area contributed by atoms with Crippen LogP contribution in [0.4, 0.5) is 0 Å². The van der Waals surface area contributed by atoms with Gasteiger partial charge in [-0.3, -0.25) is 4.79 Å². The molecule has 2 N–H and O–H groups in total. The molecule has 0 aromatic heterocycles. The number of carbonyl (C=O) groups is 1. The van der Waals surface area contributed by atoms with E-state index >= 15 is 0 Å². The summed E-state index contributed by atoms with van der Waals surface area (Å²) in [5.41, 5.74) is 0. The standard InChI is InChI=1S/C13H26N2O2/c1-4-10(2)11(3)14-9-13(16)15-12-5-7-17-8-6-12/h10-12,14H,4-9H2,1-3H3,(H,15,16). The zero-order chi connectivity index (χ0) is 12.7. The Morgan fingerprint density at radius 3 is 2.59 bits per heavy atom. The maximum absolute atomic E-state index is 11.7. The molecular formula is C13H26N2O2. The molecule has 0 aromatic carbocycles. The predicted octanol–water partition coefficient (Wildman–Crippen LogP) is 1.31. The number of rotatable bonds is 6. The maximum atomic E-state index is 11.7. The van der Waals surface area contributed by atoms with Gasteiger partial charge in [0, 0.05) is 25.3 Å². The van der Waals surface area contributed by atoms with Crippen LogP contribution in [0.25, 0.3) is 0 Å². The van der Waals surface area contributed by atoms with Gasteiger partial charge in [-0.05, 0) is 25.7 Å². The van der Waals surface area contributed by atoms with Crippen LogP contribution in [-0.2, 0) is 9.53 Å². The summed E-state index contributed by atoms with van der Waals surface area (Å²) in [6.45, 7) is 8.46. The van der Waals surface area contributed by atoms with Gasteiger partial charge in [0.1, 0.15) is 0 Å². The van der Waals surface area contributed by atoms with Crippen LogP contribution in [0.3, 0.4) is 0 Å². The quantitative estimate of drug-likeness (QED) is 0.738. The minimum absolute atomic E-state index is 0.104. The predicted molar refractivity (Wildman–Crippen MR) is 68.9 cm³/mol. The molecule has 2 atom stereocenters. The highest BCUT2D eigenvalue weighted by molar-refractivity contribution is 5.78. The Bertz CT molecular complexity index is 227. The van der Waals surface area contributed by atoms with Crippen LogP contribution in [0.1, 0.15) is 40.0 Å². The Hall–Kier alpha value is -0.610. The summed E-state index contributed by atoms with van der Waals surface area (Å²) in [5.74, 6) is 0.706. The third-order valence-electron chi connectivity index (χ3n) is 3.67. The molecule has 2 unspecified atom stereocenters. The van der Waals surface area contributed by atoms with Crippen molar-refractivity contribution in [2.45, 2.75) is 52.1 Å². The first-order chi connectivity index (χ1) is 8.13. The van der Waals surface area contributed by atoms with E-state index in [4.69, 9.17) is 4.74 Å². The molecule has 1 fully saturated rings. The van der Waals surface area contributed by atoms with Crippen LogP contribution in [-0.4, -0.2) is 37.7 Å². The molecule has 1 rings (SSSR count). The second-order valence-electron chi connectivity index (χ2n) is 5.01. The molecule has 1 saturated heterocycles. The van der Waals surface area contributed by atoms with Crippen LogP contribution < -0.4 is 10.6 Å². The molecule has 17 heavy (non-hydrogen) atoms. The Morgan fingerprint density at radius 1 is 1.35 bits per heavy atom. The van der Waals surface area contributed by atoms with Crippen molar-refractivity contribution < 1.29 is 9.53 Å². The maximum Gasteiger partial charge on any atom is 0.234 e. The van der Waals surface area contributed by atoms with Crippen molar-refractivity contribution >= 4 is 5.91 Å². The molecule has 0 aromatic rings. The normalized spacial score (nSPS) is 20.9. The summed E-state index contributed by atoms with van der Waals surface area (Å²) in [6.07, 6.45) is 3.01. The van der Waals surface area contributed by atoms with Gasteiger partial charge >= 0.3 is 0 Å². The minimum atomic E-state index is 0.104. The van der Waals surface area contributed by atoms with E-state index in [2.05, 4.69) is 31.4 Å². The summed E-state index contributed by atoms with van der Waals surface area (Å²) in [6, 6.07) is 0.692. The highest BCUT2D eigenvalue weighted by Gasteiger charge is 2.17. The van der Waals surface area contributed by atoms with Crippen molar-refractivity contribution in [1.82, 2.24) is 10.6 Å². The van der Waals surface area contributed by atoms with Gasteiger partial charge in [-0.2, -0.15) is 0 Å². The van der Waals surface area contributed by atoms with Crippen LogP contribution in [0, 0.1) is 5.92 Å². The first-order valence-corrected chi connectivity index (χ1v) is 6.74. The van der Waals surface area contributed by atoms with Crippen LogP contribution in [0.5, 0.6) is 0 Å². The fourth-order valence-electron chi connectivity index (χ4n) is 1.93. The van der Waals surface area contributed by atoms with E-state index in [0.29, 0.717) is 24.5 Å². The zero-order valence-corrected chi connectivity index (χ0v) is 11.3. The van der Waals surface area contributed by atoms with Gasteiger partial charge in [-0.15, -0.1) is 0 Å². The third-order valence-corrected chi connectivity index (χ3v) is 3.67. The molecule has 0 radical (unpaired) electrons. The highest BCUT2D eigenvalue weighted by atomic mass is 16.5. The largest absolute Gasteiger partial charge is 0.381 e. The average Bonchev–Trinajstić information content (AvgIpc) is 2.36. The van der Waals surface area contributed by atoms with Gasteiger partial charge in [0.15, 0.2) is 0 Å². The SMILES string of the molecule is CCC(C)C(C)NCC(=O)NC1CCOCC1. The van der Waals surface area contributed by atoms with Gasteiger partial charge in [-0.1, -0.05) is 20.3 Å². The Kier molecular flexibility index (Phi) is 6.52. The number of carbonyl (C=O) groups excluding carboxylic acids is 1. The van der Waals surface area contributed by atoms with E-state index in [9.17, 15) is 4.79 Å². The number of ether oxygens (including phenoxy) is 1. The minimum Gasteiger partial charge on any atom is -0.381 e. The van der Waals surface area contributed by atoms with Crippen molar-refractivity contribution in [2.24, 2.45) is 5.92 Å². The van der Waals surface area contributed by atoms with E-state index in [1.807, 2.05) is 0 Å². The van der Waals surface area contributed by atoms with Crippen molar-refractivity contribution in [3.8, 4) is 0 Å². The van der Waals surface area contributed by atoms with Gasteiger partial charge in [0.25, 0.3) is 0 Å². The van der Waals surface area contributed by atoms with Gasteiger partial charge in [-0.25, -0.2) is 0 Å². The summed E-state index contributed by atoms with van der Waals surface area (Å²) < 4.78 is 5.26. The Balaban J connectivity index is 2.16. The lowest BCUT2D eigenvalue weighted by atomic mass is 10.0. The monoisotopic (exact) mass is 242 g/mol. The Morgan fingerprint density at radius 2 is 2.00 bits per heavy atom. The molecule has 4 heteroatoms. The summed E-state index contributed by atoms with van der Waals surface area (Å²) in [5, 5.41) is 6.33. The number of nitrogens with one attached hydrogen (secondary N) is 2. The fraction of sp³-hybridized carbons (Fsp3) is 0.923. The molecule has 0 bridgehead atoms. The second kappa shape index (κ2) is 7.67. The Labute approximate surface area is 104 Å². The first-order valence-electron chi connectivity index (χ1n) is 6.74. The summed E-state index contributed by atoms with van der Waals surface area (Å²) >= 11 is 0. The number of hydrogen-bond acceptors (Lipinski definition) is 3. The summed E-state index contributed by atoms with van der Waals surface area (Å²) in [4.78, 5) is 11.7. The molecule has 4 nitrogen and oxygen atoms in total. The van der Waals surface area contributed by atoms with Gasteiger partial charge < -0.3 is 15.4 Å². The van der Waals surface area contributed by atoms with Crippen molar-refractivity contribution in [3.63, 3.8) is 0 Å². The molecule has 1 heterocycles.